The van der Waals surface area contributed by atoms with E-state index in [1.165, 1.54) is 13.5 Å². The number of ether oxygens (including phenoxy) is 1. The summed E-state index contributed by atoms with van der Waals surface area (Å²) >= 11 is 0. The molecule has 1 fully saturated rings. The average Bonchev–Trinajstić information content (AvgIpc) is 2.34. The molecule has 0 atom stereocenters. The topological polar surface area (TPSA) is 62.1 Å². The lowest BCUT2D eigenvalue weighted by molar-refractivity contribution is -0.117. The van der Waals surface area contributed by atoms with Gasteiger partial charge in [-0.3, -0.25) is 4.79 Å². The lowest BCUT2D eigenvalue weighted by Gasteiger charge is -2.24. The molecule has 0 saturated heterocycles. The SMILES string of the molecule is COc1cc(C#N)ccc1NC(=O)CC1CCC1. The third-order valence-electron chi connectivity index (χ3n) is 3.30. The summed E-state index contributed by atoms with van der Waals surface area (Å²) in [5.74, 6) is 1.08. The molecule has 4 heteroatoms. The maximum Gasteiger partial charge on any atom is 0.224 e. The van der Waals surface area contributed by atoms with Gasteiger partial charge < -0.3 is 10.1 Å². The van der Waals surface area contributed by atoms with Crippen LogP contribution in [0, 0.1) is 17.2 Å². The molecule has 0 heterocycles. The second-order valence-corrected chi connectivity index (χ2v) is 4.58. The fourth-order valence-electron chi connectivity index (χ4n) is 2.02. The van der Waals surface area contributed by atoms with Gasteiger partial charge in [0.05, 0.1) is 24.4 Å². The average molecular weight is 244 g/mol. The van der Waals surface area contributed by atoms with Gasteiger partial charge in [0.1, 0.15) is 5.75 Å². The fraction of sp³-hybridized carbons (Fsp3) is 0.429. The Morgan fingerprint density at radius 1 is 1.56 bits per heavy atom. The molecule has 0 unspecified atom stereocenters. The molecular weight excluding hydrogens is 228 g/mol. The van der Waals surface area contributed by atoms with E-state index >= 15 is 0 Å². The van der Waals surface area contributed by atoms with Crippen LogP contribution in [0.4, 0.5) is 5.69 Å². The number of carbonyl (C=O) groups excluding carboxylic acids is 1. The van der Waals surface area contributed by atoms with Crippen LogP contribution in [0.1, 0.15) is 31.2 Å². The van der Waals surface area contributed by atoms with Crippen LogP contribution in [0.15, 0.2) is 18.2 Å². The Morgan fingerprint density at radius 2 is 2.33 bits per heavy atom. The molecule has 0 spiro atoms. The first-order chi connectivity index (χ1) is 8.72. The molecule has 0 radical (unpaired) electrons. The first-order valence-corrected chi connectivity index (χ1v) is 6.11. The summed E-state index contributed by atoms with van der Waals surface area (Å²) in [5.41, 5.74) is 1.14. The van der Waals surface area contributed by atoms with Crippen molar-refractivity contribution in [3.63, 3.8) is 0 Å². The summed E-state index contributed by atoms with van der Waals surface area (Å²) in [6.45, 7) is 0. The molecule has 1 aliphatic carbocycles. The Balaban J connectivity index is 2.03. The number of nitriles is 1. The predicted octanol–water partition coefficient (Wildman–Crippen LogP) is 2.70. The number of anilines is 1. The van der Waals surface area contributed by atoms with Crippen molar-refractivity contribution in [1.29, 1.82) is 5.26 Å². The summed E-state index contributed by atoms with van der Waals surface area (Å²) in [6.07, 6.45) is 4.11. The van der Waals surface area contributed by atoms with Gasteiger partial charge in [0, 0.05) is 12.5 Å². The Labute approximate surface area is 107 Å². The molecule has 18 heavy (non-hydrogen) atoms. The number of nitrogens with one attached hydrogen (secondary N) is 1. The highest BCUT2D eigenvalue weighted by atomic mass is 16.5. The largest absolute Gasteiger partial charge is 0.495 e. The van der Waals surface area contributed by atoms with Gasteiger partial charge in [0.25, 0.3) is 0 Å². The lowest BCUT2D eigenvalue weighted by atomic mass is 9.83. The van der Waals surface area contributed by atoms with Crippen molar-refractivity contribution >= 4 is 11.6 Å². The summed E-state index contributed by atoms with van der Waals surface area (Å²) in [6, 6.07) is 7.04. The zero-order chi connectivity index (χ0) is 13.0. The molecule has 1 N–H and O–H groups in total. The molecule has 1 aliphatic rings. The zero-order valence-corrected chi connectivity index (χ0v) is 10.4. The maximum atomic E-state index is 11.8. The smallest absolute Gasteiger partial charge is 0.224 e. The molecule has 4 nitrogen and oxygen atoms in total. The Morgan fingerprint density at radius 3 is 2.89 bits per heavy atom. The van der Waals surface area contributed by atoms with Crippen LogP contribution in [-0.2, 0) is 4.79 Å². The molecule has 94 valence electrons. The van der Waals surface area contributed by atoms with Crippen LogP contribution in [0.3, 0.4) is 0 Å². The Bertz CT molecular complexity index is 487. The van der Waals surface area contributed by atoms with Crippen LogP contribution in [0.5, 0.6) is 5.75 Å². The molecule has 1 aromatic carbocycles. The summed E-state index contributed by atoms with van der Waals surface area (Å²) in [7, 11) is 1.53. The lowest BCUT2D eigenvalue weighted by Crippen LogP contribution is -2.21. The van der Waals surface area contributed by atoms with E-state index in [-0.39, 0.29) is 5.91 Å². The van der Waals surface area contributed by atoms with Gasteiger partial charge in [0.2, 0.25) is 5.91 Å². The van der Waals surface area contributed by atoms with Crippen molar-refractivity contribution in [3.8, 4) is 11.8 Å². The van der Waals surface area contributed by atoms with E-state index in [1.54, 1.807) is 18.2 Å². The zero-order valence-electron chi connectivity index (χ0n) is 10.4. The summed E-state index contributed by atoms with van der Waals surface area (Å²) < 4.78 is 5.17. The molecular formula is C14H16N2O2. The molecule has 2 rings (SSSR count). The van der Waals surface area contributed by atoms with Gasteiger partial charge in [-0.2, -0.15) is 5.26 Å². The van der Waals surface area contributed by atoms with E-state index in [0.717, 1.165) is 12.8 Å². The normalized spacial score (nSPS) is 14.4. The van der Waals surface area contributed by atoms with Crippen LogP contribution in [-0.4, -0.2) is 13.0 Å². The molecule has 1 amide bonds. The van der Waals surface area contributed by atoms with Crippen molar-refractivity contribution in [3.05, 3.63) is 23.8 Å². The minimum atomic E-state index is 0.0164. The van der Waals surface area contributed by atoms with E-state index in [2.05, 4.69) is 5.32 Å². The standard InChI is InChI=1S/C14H16N2O2/c1-18-13-7-11(9-15)5-6-12(13)16-14(17)8-10-3-2-4-10/h5-7,10H,2-4,8H2,1H3,(H,16,17). The number of benzene rings is 1. The minimum Gasteiger partial charge on any atom is -0.495 e. The number of carbonyl (C=O) groups is 1. The summed E-state index contributed by atoms with van der Waals surface area (Å²) in [4.78, 5) is 11.8. The van der Waals surface area contributed by atoms with Gasteiger partial charge in [-0.1, -0.05) is 6.42 Å². The first-order valence-electron chi connectivity index (χ1n) is 6.11. The minimum absolute atomic E-state index is 0.0164. The van der Waals surface area contributed by atoms with E-state index in [4.69, 9.17) is 10.00 Å². The second kappa shape index (κ2) is 5.54. The second-order valence-electron chi connectivity index (χ2n) is 4.58. The van der Waals surface area contributed by atoms with Crippen molar-refractivity contribution in [2.24, 2.45) is 5.92 Å². The highest BCUT2D eigenvalue weighted by Crippen LogP contribution is 2.31. The highest BCUT2D eigenvalue weighted by Gasteiger charge is 2.21. The third kappa shape index (κ3) is 2.80. The Kier molecular flexibility index (Phi) is 3.83. The number of rotatable bonds is 4. The fourth-order valence-corrected chi connectivity index (χ4v) is 2.02. The van der Waals surface area contributed by atoms with Crippen molar-refractivity contribution < 1.29 is 9.53 Å². The molecule has 1 aromatic rings. The van der Waals surface area contributed by atoms with Crippen molar-refractivity contribution in [2.45, 2.75) is 25.7 Å². The molecule has 0 aliphatic heterocycles. The van der Waals surface area contributed by atoms with E-state index < -0.39 is 0 Å². The number of methoxy groups -OCH3 is 1. The Hall–Kier alpha value is -2.02. The van der Waals surface area contributed by atoms with E-state index in [0.29, 0.717) is 29.3 Å². The van der Waals surface area contributed by atoms with Crippen LogP contribution < -0.4 is 10.1 Å². The van der Waals surface area contributed by atoms with Crippen molar-refractivity contribution in [1.82, 2.24) is 0 Å². The third-order valence-corrected chi connectivity index (χ3v) is 3.30. The number of hydrogen-bond acceptors (Lipinski definition) is 3. The monoisotopic (exact) mass is 244 g/mol. The predicted molar refractivity (Wildman–Crippen MR) is 68.3 cm³/mol. The van der Waals surface area contributed by atoms with Crippen LogP contribution >= 0.6 is 0 Å². The van der Waals surface area contributed by atoms with Crippen LogP contribution in [0.2, 0.25) is 0 Å². The first kappa shape index (κ1) is 12.4. The maximum absolute atomic E-state index is 11.8. The van der Waals surface area contributed by atoms with Gasteiger partial charge in [-0.15, -0.1) is 0 Å². The van der Waals surface area contributed by atoms with E-state index in [1.807, 2.05) is 6.07 Å². The number of hydrogen-bond donors (Lipinski definition) is 1. The molecule has 0 aromatic heterocycles. The van der Waals surface area contributed by atoms with Gasteiger partial charge >= 0.3 is 0 Å². The van der Waals surface area contributed by atoms with Gasteiger partial charge in [-0.25, -0.2) is 0 Å². The van der Waals surface area contributed by atoms with Crippen molar-refractivity contribution in [2.75, 3.05) is 12.4 Å². The van der Waals surface area contributed by atoms with Crippen LogP contribution in [0.25, 0.3) is 0 Å². The summed E-state index contributed by atoms with van der Waals surface area (Å²) in [5, 5.41) is 11.6. The molecule has 0 bridgehead atoms. The van der Waals surface area contributed by atoms with Gasteiger partial charge in [-0.05, 0) is 30.9 Å². The number of nitrogens with zero attached hydrogens (tertiary/aromatic N) is 1. The van der Waals surface area contributed by atoms with Gasteiger partial charge in [0.15, 0.2) is 0 Å². The van der Waals surface area contributed by atoms with E-state index in [9.17, 15) is 4.79 Å². The number of amides is 1. The quantitative estimate of drug-likeness (QED) is 0.885. The molecule has 1 saturated carbocycles. The highest BCUT2D eigenvalue weighted by molar-refractivity contribution is 5.92.